The fourth-order valence-corrected chi connectivity index (χ4v) is 8.00. The second-order valence-electron chi connectivity index (χ2n) is 9.40. The van der Waals surface area contributed by atoms with Crippen molar-refractivity contribution in [1.29, 1.82) is 0 Å². The highest BCUT2D eigenvalue weighted by Crippen LogP contribution is 2.51. The number of amides is 1. The Hall–Kier alpha value is -2.04. The van der Waals surface area contributed by atoms with E-state index in [-0.39, 0.29) is 5.91 Å². The van der Waals surface area contributed by atoms with Gasteiger partial charge in [0.15, 0.2) is 0 Å². The molecule has 1 N–H and O–H groups in total. The molecule has 7 heteroatoms. The van der Waals surface area contributed by atoms with Crippen LogP contribution in [-0.2, 0) is 20.3 Å². The number of benzene rings is 2. The predicted molar refractivity (Wildman–Crippen MR) is 154 cm³/mol. The summed E-state index contributed by atoms with van der Waals surface area (Å²) in [6.45, 7) is 6.29. The number of thioether (sulfide) groups is 1. The van der Waals surface area contributed by atoms with E-state index in [0.29, 0.717) is 18.1 Å². The van der Waals surface area contributed by atoms with E-state index in [0.717, 1.165) is 66.0 Å². The second kappa shape index (κ2) is 15.3. The van der Waals surface area contributed by atoms with Crippen molar-refractivity contribution in [3.63, 3.8) is 0 Å². The highest BCUT2D eigenvalue weighted by Gasteiger charge is 2.26. The summed E-state index contributed by atoms with van der Waals surface area (Å²) < 4.78 is 18.8. The number of unbranched alkanes of at least 4 members (excludes halogenated alkanes) is 2. The first-order chi connectivity index (χ1) is 17.3. The van der Waals surface area contributed by atoms with E-state index in [9.17, 15) is 14.2 Å². The maximum Gasteiger partial charge on any atom is 0.328 e. The summed E-state index contributed by atoms with van der Waals surface area (Å²) in [6.07, 6.45) is 8.54. The lowest BCUT2D eigenvalue weighted by Gasteiger charge is -2.21. The normalized spacial score (nSPS) is 12.2. The molecule has 0 aliphatic rings. The topological polar surface area (TPSA) is 72.5 Å². The Labute approximate surface area is 221 Å². The molecule has 1 atom stereocenters. The number of nitrogens with one attached hydrogen (secondary N) is 1. The molecule has 0 unspecified atom stereocenters. The summed E-state index contributed by atoms with van der Waals surface area (Å²) in [7, 11) is -1.02. The van der Waals surface area contributed by atoms with Crippen LogP contribution in [0.15, 0.2) is 42.5 Å². The molecule has 0 saturated heterocycles. The van der Waals surface area contributed by atoms with Crippen molar-refractivity contribution in [2.45, 2.75) is 65.1 Å². The van der Waals surface area contributed by atoms with Gasteiger partial charge in [0, 0.05) is 24.0 Å². The first-order valence-electron chi connectivity index (χ1n) is 12.9. The number of ether oxygens (including phenoxy) is 1. The van der Waals surface area contributed by atoms with Crippen LogP contribution in [0.1, 0.15) is 67.4 Å². The van der Waals surface area contributed by atoms with Crippen molar-refractivity contribution < 1.29 is 18.9 Å². The Morgan fingerprint density at radius 3 is 2.28 bits per heavy atom. The lowest BCUT2D eigenvalue weighted by Crippen LogP contribution is -2.42. The van der Waals surface area contributed by atoms with Gasteiger partial charge in [0.25, 0.3) is 5.91 Å². The van der Waals surface area contributed by atoms with Gasteiger partial charge in [0.2, 0.25) is 0 Å². The quantitative estimate of drug-likeness (QED) is 0.195. The fourth-order valence-electron chi connectivity index (χ4n) is 4.34. The molecule has 1 amide bonds. The largest absolute Gasteiger partial charge is 0.467 e. The van der Waals surface area contributed by atoms with E-state index in [2.05, 4.69) is 19.2 Å². The van der Waals surface area contributed by atoms with Gasteiger partial charge in [-0.25, -0.2) is 4.79 Å². The van der Waals surface area contributed by atoms with Gasteiger partial charge < -0.3 is 14.6 Å². The van der Waals surface area contributed by atoms with Crippen LogP contribution in [0.3, 0.4) is 0 Å². The molecule has 0 aliphatic carbocycles. The lowest BCUT2D eigenvalue weighted by atomic mass is 9.94. The fraction of sp³-hybridized carbons (Fsp3) is 0.517. The molecule has 0 aliphatic heterocycles. The molecule has 36 heavy (non-hydrogen) atoms. The molecule has 2 rings (SSSR count). The molecule has 0 aromatic heterocycles. The zero-order valence-electron chi connectivity index (χ0n) is 22.5. The van der Waals surface area contributed by atoms with Gasteiger partial charge in [-0.15, -0.1) is 0 Å². The van der Waals surface area contributed by atoms with Crippen LogP contribution in [0.25, 0.3) is 11.1 Å². The van der Waals surface area contributed by atoms with Gasteiger partial charge in [-0.3, -0.25) is 4.79 Å². The maximum atomic E-state index is 13.9. The summed E-state index contributed by atoms with van der Waals surface area (Å²) in [5, 5.41) is 2.89. The Bertz CT molecular complexity index is 1040. The Balaban J connectivity index is 2.47. The standard InChI is InChI=1S/C29H42NO4PS/c1-6-8-17-35(33,18-9-7-2)21-23-14-15-25(26(20-23)24-13-11-10-12-22(24)3)28(31)30-27(16-19-36-5)29(32)34-4/h10-15,20,27H,6-9,16-19,21H2,1-5H3,(H,30,31)/t27-/m0/s1. The average molecular weight is 532 g/mol. The number of rotatable bonds is 15. The number of hydrogen-bond donors (Lipinski definition) is 1. The third-order valence-corrected chi connectivity index (χ3v) is 10.3. The number of esters is 1. The molecule has 0 bridgehead atoms. The first-order valence-corrected chi connectivity index (χ1v) is 16.6. The molecule has 2 aromatic carbocycles. The molecule has 0 spiro atoms. The number of methoxy groups -OCH3 is 1. The number of aryl methyl sites for hydroxylation is 1. The van der Waals surface area contributed by atoms with Gasteiger partial charge in [-0.2, -0.15) is 11.8 Å². The van der Waals surface area contributed by atoms with E-state index < -0.39 is 19.2 Å². The molecule has 2 aromatic rings. The van der Waals surface area contributed by atoms with Gasteiger partial charge >= 0.3 is 5.97 Å². The van der Waals surface area contributed by atoms with Crippen molar-refractivity contribution in [1.82, 2.24) is 5.32 Å². The van der Waals surface area contributed by atoms with Gasteiger partial charge in [0.05, 0.1) is 14.3 Å². The highest BCUT2D eigenvalue weighted by molar-refractivity contribution is 7.98. The maximum absolute atomic E-state index is 13.9. The molecule has 0 radical (unpaired) electrons. The summed E-state index contributed by atoms with van der Waals surface area (Å²) in [5.41, 5.74) is 4.31. The SMILES string of the molecule is CCCCP(=O)(CCCC)Cc1ccc(C(=O)N[C@@H](CCSC)C(=O)OC)c(-c2ccccc2C)c1. The van der Waals surface area contributed by atoms with Crippen LogP contribution in [0.4, 0.5) is 0 Å². The van der Waals surface area contributed by atoms with E-state index in [1.165, 1.54) is 7.11 Å². The number of carbonyl (C=O) groups excluding carboxylic acids is 2. The van der Waals surface area contributed by atoms with Crippen LogP contribution in [-0.4, -0.2) is 49.4 Å². The average Bonchev–Trinajstić information content (AvgIpc) is 2.88. The van der Waals surface area contributed by atoms with Crippen molar-refractivity contribution in [3.8, 4) is 11.1 Å². The van der Waals surface area contributed by atoms with E-state index >= 15 is 0 Å². The van der Waals surface area contributed by atoms with E-state index in [1.54, 1.807) is 11.8 Å². The predicted octanol–water partition coefficient (Wildman–Crippen LogP) is 7.15. The zero-order valence-corrected chi connectivity index (χ0v) is 24.2. The van der Waals surface area contributed by atoms with Crippen LogP contribution in [0.5, 0.6) is 0 Å². The molecule has 0 heterocycles. The number of carbonyl (C=O) groups is 2. The van der Waals surface area contributed by atoms with Crippen LogP contribution >= 0.6 is 18.9 Å². The zero-order chi connectivity index (χ0) is 26.6. The van der Waals surface area contributed by atoms with Gasteiger partial charge in [-0.1, -0.05) is 57.0 Å². The third-order valence-electron chi connectivity index (χ3n) is 6.47. The van der Waals surface area contributed by atoms with E-state index in [4.69, 9.17) is 4.74 Å². The Morgan fingerprint density at radius 2 is 1.69 bits per heavy atom. The molecular formula is C29H42NO4PS. The van der Waals surface area contributed by atoms with E-state index in [1.807, 2.05) is 55.6 Å². The molecular weight excluding hydrogens is 489 g/mol. The van der Waals surface area contributed by atoms with Crippen molar-refractivity contribution in [2.75, 3.05) is 31.4 Å². The molecule has 0 fully saturated rings. The molecule has 5 nitrogen and oxygen atoms in total. The Kier molecular flexibility index (Phi) is 12.8. The summed E-state index contributed by atoms with van der Waals surface area (Å²) >= 11 is 1.62. The third kappa shape index (κ3) is 8.81. The van der Waals surface area contributed by atoms with Gasteiger partial charge in [0.1, 0.15) is 6.04 Å². The van der Waals surface area contributed by atoms with Crippen LogP contribution in [0.2, 0.25) is 0 Å². The van der Waals surface area contributed by atoms with Crippen LogP contribution in [0, 0.1) is 6.92 Å². The minimum Gasteiger partial charge on any atom is -0.467 e. The minimum atomic E-state index is -2.35. The lowest BCUT2D eigenvalue weighted by molar-refractivity contribution is -0.142. The first kappa shape index (κ1) is 30.2. The minimum absolute atomic E-state index is 0.309. The van der Waals surface area contributed by atoms with Crippen molar-refractivity contribution in [3.05, 3.63) is 59.2 Å². The summed E-state index contributed by atoms with van der Waals surface area (Å²) in [6, 6.07) is 13.0. The highest BCUT2D eigenvalue weighted by atomic mass is 32.2. The summed E-state index contributed by atoms with van der Waals surface area (Å²) in [4.78, 5) is 25.7. The number of hydrogen-bond acceptors (Lipinski definition) is 5. The van der Waals surface area contributed by atoms with Crippen LogP contribution < -0.4 is 5.32 Å². The molecule has 198 valence electrons. The molecule has 0 saturated carbocycles. The van der Waals surface area contributed by atoms with Crippen molar-refractivity contribution in [2.24, 2.45) is 0 Å². The smallest absolute Gasteiger partial charge is 0.328 e. The summed E-state index contributed by atoms with van der Waals surface area (Å²) in [5.74, 6) is -0.0234. The van der Waals surface area contributed by atoms with Gasteiger partial charge in [-0.05, 0) is 72.6 Å². The monoisotopic (exact) mass is 531 g/mol. The second-order valence-corrected chi connectivity index (χ2v) is 13.7. The Morgan fingerprint density at radius 1 is 1.03 bits per heavy atom. The van der Waals surface area contributed by atoms with Crippen molar-refractivity contribution >= 4 is 30.8 Å².